The van der Waals surface area contributed by atoms with E-state index < -0.39 is 5.97 Å². The van der Waals surface area contributed by atoms with Gasteiger partial charge in [-0.15, -0.1) is 0 Å². The van der Waals surface area contributed by atoms with Crippen LogP contribution in [0.1, 0.15) is 17.5 Å². The number of benzene rings is 2. The molecule has 24 heavy (non-hydrogen) atoms. The fraction of sp³-hybridized carbons (Fsp3) is 0.263. The lowest BCUT2D eigenvalue weighted by Crippen LogP contribution is -2.35. The number of nitrogens with zero attached hydrogens (tertiary/aromatic N) is 1. The van der Waals surface area contributed by atoms with Crippen LogP contribution in [0.2, 0.25) is 5.02 Å². The molecule has 0 atom stereocenters. The van der Waals surface area contributed by atoms with E-state index in [9.17, 15) is 9.59 Å². The summed E-state index contributed by atoms with van der Waals surface area (Å²) in [5.41, 5.74) is 2.01. The summed E-state index contributed by atoms with van der Waals surface area (Å²) in [6.07, 6.45) is 0.925. The van der Waals surface area contributed by atoms with Crippen molar-refractivity contribution < 1.29 is 14.3 Å². The Morgan fingerprint density at radius 1 is 1.00 bits per heavy atom. The molecule has 4 nitrogen and oxygen atoms in total. The number of hydrogen-bond acceptors (Lipinski definition) is 3. The molecule has 0 heterocycles. The van der Waals surface area contributed by atoms with E-state index in [0.717, 1.165) is 11.1 Å². The van der Waals surface area contributed by atoms with E-state index in [4.69, 9.17) is 16.3 Å². The first-order chi connectivity index (χ1) is 11.6. The van der Waals surface area contributed by atoms with Crippen LogP contribution in [0, 0.1) is 0 Å². The van der Waals surface area contributed by atoms with Crippen molar-refractivity contribution in [3.05, 3.63) is 70.7 Å². The number of methoxy groups -OCH3 is 1. The molecule has 2 aromatic carbocycles. The van der Waals surface area contributed by atoms with Gasteiger partial charge in [0.25, 0.3) is 0 Å². The van der Waals surface area contributed by atoms with E-state index in [1.54, 1.807) is 12.1 Å². The molecule has 2 rings (SSSR count). The quantitative estimate of drug-likeness (QED) is 0.722. The molecule has 0 unspecified atom stereocenters. The minimum Gasteiger partial charge on any atom is -0.468 e. The van der Waals surface area contributed by atoms with Crippen molar-refractivity contribution in [3.8, 4) is 0 Å². The Bertz CT molecular complexity index is 671. The van der Waals surface area contributed by atoms with Crippen LogP contribution < -0.4 is 0 Å². The van der Waals surface area contributed by atoms with Gasteiger partial charge in [-0.3, -0.25) is 9.59 Å². The van der Waals surface area contributed by atoms with Crippen molar-refractivity contribution in [2.75, 3.05) is 13.7 Å². The highest BCUT2D eigenvalue weighted by molar-refractivity contribution is 6.30. The van der Waals surface area contributed by atoms with Crippen LogP contribution in [0.3, 0.4) is 0 Å². The fourth-order valence-corrected chi connectivity index (χ4v) is 2.44. The molecule has 126 valence electrons. The minimum absolute atomic E-state index is 0.0507. The number of hydrogen-bond donors (Lipinski definition) is 0. The van der Waals surface area contributed by atoms with Crippen molar-refractivity contribution in [1.29, 1.82) is 0 Å². The first-order valence-corrected chi connectivity index (χ1v) is 8.09. The molecule has 0 saturated heterocycles. The molecule has 0 N–H and O–H groups in total. The van der Waals surface area contributed by atoms with Crippen molar-refractivity contribution in [2.24, 2.45) is 0 Å². The van der Waals surface area contributed by atoms with Crippen LogP contribution in [-0.4, -0.2) is 30.4 Å². The molecule has 0 saturated carbocycles. The molecule has 0 spiro atoms. The van der Waals surface area contributed by atoms with E-state index in [1.807, 2.05) is 42.5 Å². The second-order valence-corrected chi connectivity index (χ2v) is 5.87. The lowest BCUT2D eigenvalue weighted by atomic mass is 10.1. The second kappa shape index (κ2) is 9.08. The van der Waals surface area contributed by atoms with Gasteiger partial charge in [0.2, 0.25) is 5.91 Å². The predicted octanol–water partition coefficient (Wildman–Crippen LogP) is 3.47. The largest absolute Gasteiger partial charge is 0.468 e. The first-order valence-electron chi connectivity index (χ1n) is 7.71. The van der Waals surface area contributed by atoms with Crippen LogP contribution in [-0.2, 0) is 27.3 Å². The molecule has 2 aromatic rings. The van der Waals surface area contributed by atoms with E-state index in [-0.39, 0.29) is 12.5 Å². The summed E-state index contributed by atoms with van der Waals surface area (Å²) in [5.74, 6) is -0.509. The lowest BCUT2D eigenvalue weighted by molar-refractivity contribution is -0.147. The van der Waals surface area contributed by atoms with Crippen LogP contribution >= 0.6 is 11.6 Å². The summed E-state index contributed by atoms with van der Waals surface area (Å²) in [7, 11) is 1.32. The van der Waals surface area contributed by atoms with Gasteiger partial charge in [0, 0.05) is 18.0 Å². The standard InChI is InChI=1S/C19H20ClNO3/c1-24-19(23)14-21(13-16-5-3-2-4-6-16)18(22)12-9-15-7-10-17(20)11-8-15/h2-8,10-11H,9,12-14H2,1H3. The Kier molecular flexibility index (Phi) is 6.82. The summed E-state index contributed by atoms with van der Waals surface area (Å²) in [6, 6.07) is 17.0. The monoisotopic (exact) mass is 345 g/mol. The van der Waals surface area contributed by atoms with E-state index in [2.05, 4.69) is 0 Å². The number of amides is 1. The van der Waals surface area contributed by atoms with Gasteiger partial charge in [-0.1, -0.05) is 54.1 Å². The molecule has 0 aliphatic rings. The van der Waals surface area contributed by atoms with Gasteiger partial charge < -0.3 is 9.64 Å². The highest BCUT2D eigenvalue weighted by Crippen LogP contribution is 2.13. The molecular weight excluding hydrogens is 326 g/mol. The number of carbonyl (C=O) groups excluding carboxylic acids is 2. The zero-order chi connectivity index (χ0) is 17.4. The second-order valence-electron chi connectivity index (χ2n) is 5.44. The molecule has 0 fully saturated rings. The minimum atomic E-state index is -0.425. The number of carbonyl (C=O) groups is 2. The van der Waals surface area contributed by atoms with Gasteiger partial charge in [-0.2, -0.15) is 0 Å². The summed E-state index contributed by atoms with van der Waals surface area (Å²) < 4.78 is 4.70. The maximum absolute atomic E-state index is 12.5. The highest BCUT2D eigenvalue weighted by atomic mass is 35.5. The van der Waals surface area contributed by atoms with Crippen LogP contribution in [0.15, 0.2) is 54.6 Å². The van der Waals surface area contributed by atoms with Crippen molar-refractivity contribution in [3.63, 3.8) is 0 Å². The molecule has 5 heteroatoms. The molecule has 0 aromatic heterocycles. The Morgan fingerprint density at radius 3 is 2.29 bits per heavy atom. The average Bonchev–Trinajstić information content (AvgIpc) is 2.61. The summed E-state index contributed by atoms with van der Waals surface area (Å²) in [5, 5.41) is 0.668. The van der Waals surface area contributed by atoms with E-state index >= 15 is 0 Å². The zero-order valence-electron chi connectivity index (χ0n) is 13.6. The molecule has 0 aliphatic carbocycles. The lowest BCUT2D eigenvalue weighted by Gasteiger charge is -2.21. The molecule has 0 bridgehead atoms. The summed E-state index contributed by atoms with van der Waals surface area (Å²) in [4.78, 5) is 25.7. The number of aryl methyl sites for hydroxylation is 1. The summed E-state index contributed by atoms with van der Waals surface area (Å²) >= 11 is 5.86. The third-order valence-corrected chi connectivity index (χ3v) is 3.91. The van der Waals surface area contributed by atoms with Gasteiger partial charge in [0.1, 0.15) is 6.54 Å². The third-order valence-electron chi connectivity index (χ3n) is 3.66. The van der Waals surface area contributed by atoms with E-state index in [0.29, 0.717) is 24.4 Å². The maximum Gasteiger partial charge on any atom is 0.325 e. The Morgan fingerprint density at radius 2 is 1.67 bits per heavy atom. The highest BCUT2D eigenvalue weighted by Gasteiger charge is 2.17. The zero-order valence-corrected chi connectivity index (χ0v) is 14.3. The van der Waals surface area contributed by atoms with Gasteiger partial charge in [0.05, 0.1) is 7.11 Å². The molecular formula is C19H20ClNO3. The Hall–Kier alpha value is -2.33. The van der Waals surface area contributed by atoms with Crippen molar-refractivity contribution in [2.45, 2.75) is 19.4 Å². The fourth-order valence-electron chi connectivity index (χ4n) is 2.32. The van der Waals surface area contributed by atoms with Gasteiger partial charge in [0.15, 0.2) is 0 Å². The molecule has 1 amide bonds. The predicted molar refractivity (Wildman–Crippen MR) is 93.6 cm³/mol. The smallest absolute Gasteiger partial charge is 0.325 e. The number of esters is 1. The van der Waals surface area contributed by atoms with Crippen LogP contribution in [0.5, 0.6) is 0 Å². The van der Waals surface area contributed by atoms with Crippen molar-refractivity contribution >= 4 is 23.5 Å². The Labute approximate surface area is 147 Å². The van der Waals surface area contributed by atoms with Gasteiger partial charge in [-0.25, -0.2) is 0 Å². The van der Waals surface area contributed by atoms with Crippen LogP contribution in [0.25, 0.3) is 0 Å². The normalized spacial score (nSPS) is 10.2. The topological polar surface area (TPSA) is 46.6 Å². The van der Waals surface area contributed by atoms with Gasteiger partial charge >= 0.3 is 5.97 Å². The van der Waals surface area contributed by atoms with Crippen LogP contribution in [0.4, 0.5) is 0 Å². The number of rotatable bonds is 7. The first kappa shape index (κ1) is 18.0. The number of ether oxygens (including phenoxy) is 1. The van der Waals surface area contributed by atoms with Crippen molar-refractivity contribution in [1.82, 2.24) is 4.90 Å². The third kappa shape index (κ3) is 5.70. The average molecular weight is 346 g/mol. The van der Waals surface area contributed by atoms with Gasteiger partial charge in [-0.05, 0) is 29.7 Å². The summed E-state index contributed by atoms with van der Waals surface area (Å²) in [6.45, 7) is 0.334. The number of halogens is 1. The Balaban J connectivity index is 2.00. The maximum atomic E-state index is 12.5. The SMILES string of the molecule is COC(=O)CN(Cc1ccccc1)C(=O)CCc1ccc(Cl)cc1. The van der Waals surface area contributed by atoms with E-state index in [1.165, 1.54) is 12.0 Å². The molecule has 0 aliphatic heterocycles. The molecule has 0 radical (unpaired) electrons.